The molecule has 2 N–H and O–H groups in total. The number of rotatable bonds is 22. The van der Waals surface area contributed by atoms with Crippen LogP contribution in [-0.2, 0) is 41.5 Å². The van der Waals surface area contributed by atoms with Gasteiger partial charge in [-0.05, 0) is 42.7 Å². The molecule has 0 bridgehead atoms. The third kappa shape index (κ3) is 14.1. The van der Waals surface area contributed by atoms with E-state index in [-0.39, 0.29) is 62.0 Å². The molecule has 0 radical (unpaired) electrons. The Hall–Kier alpha value is -3.88. The Morgan fingerprint density at radius 3 is 2.00 bits per heavy atom. The number of nitrogens with one attached hydrogen (secondary N) is 2. The molecule has 0 aliphatic carbocycles. The molecule has 2 aromatic rings. The van der Waals surface area contributed by atoms with Gasteiger partial charge in [-0.2, -0.15) is 0 Å². The van der Waals surface area contributed by atoms with E-state index in [1.165, 1.54) is 6.92 Å². The summed E-state index contributed by atoms with van der Waals surface area (Å²) in [6.07, 6.45) is 5.92. The standard InChI is InChI=1S/C34H44N2O6/c1-4-13-30(35-26(3)37)32(38)18-12-19-41-20-21-42-25-34(40)36-31(23-29-16-10-7-11-17-29)33(39)24-27(5-2)22-28-14-8-6-9-15-28/h4-11,14-17,27,30-31H,1-2,12-13,18-25H2,3H3,(H,35,37)(H,36,40)/t27-,30+,31+/m1/s1. The van der Waals surface area contributed by atoms with Gasteiger partial charge in [-0.3, -0.25) is 19.2 Å². The molecule has 42 heavy (non-hydrogen) atoms. The smallest absolute Gasteiger partial charge is 0.246 e. The van der Waals surface area contributed by atoms with E-state index in [0.717, 1.165) is 11.1 Å². The molecule has 8 heteroatoms. The summed E-state index contributed by atoms with van der Waals surface area (Å²) in [5.41, 5.74) is 2.08. The monoisotopic (exact) mass is 576 g/mol. The molecule has 2 amide bonds. The second kappa shape index (κ2) is 20.1. The number of hydrogen-bond acceptors (Lipinski definition) is 6. The Labute approximate surface area is 249 Å². The van der Waals surface area contributed by atoms with Crippen molar-refractivity contribution >= 4 is 23.4 Å². The van der Waals surface area contributed by atoms with Crippen LogP contribution < -0.4 is 10.6 Å². The average molecular weight is 577 g/mol. The highest BCUT2D eigenvalue weighted by molar-refractivity contribution is 5.90. The number of benzene rings is 2. The zero-order chi connectivity index (χ0) is 30.6. The minimum absolute atomic E-state index is 0.0444. The third-order valence-corrected chi connectivity index (χ3v) is 6.63. The van der Waals surface area contributed by atoms with E-state index in [4.69, 9.17) is 9.47 Å². The SMILES string of the molecule is C=CC[C@H](NC(C)=O)C(=O)CCCOCCOCC(=O)N[C@@H](Cc1ccccc1)C(=O)C[C@H](C=C)Cc1ccccc1. The first-order valence-corrected chi connectivity index (χ1v) is 14.4. The lowest BCUT2D eigenvalue weighted by Gasteiger charge is -2.20. The lowest BCUT2D eigenvalue weighted by atomic mass is 9.90. The maximum atomic E-state index is 13.3. The number of Topliss-reactive ketones (excluding diaryl/α,β-unsaturated/α-hetero) is 2. The van der Waals surface area contributed by atoms with Crippen LogP contribution in [0, 0.1) is 5.92 Å². The summed E-state index contributed by atoms with van der Waals surface area (Å²) in [4.78, 5) is 49.5. The van der Waals surface area contributed by atoms with Crippen LogP contribution in [0.2, 0.25) is 0 Å². The Balaban J connectivity index is 1.76. The number of hydrogen-bond donors (Lipinski definition) is 2. The minimum atomic E-state index is -0.682. The fourth-order valence-corrected chi connectivity index (χ4v) is 4.48. The summed E-state index contributed by atoms with van der Waals surface area (Å²) < 4.78 is 11.0. The van der Waals surface area contributed by atoms with E-state index >= 15 is 0 Å². The Morgan fingerprint density at radius 1 is 0.786 bits per heavy atom. The number of carbonyl (C=O) groups excluding carboxylic acids is 4. The highest BCUT2D eigenvalue weighted by atomic mass is 16.5. The van der Waals surface area contributed by atoms with Crippen LogP contribution in [0.25, 0.3) is 0 Å². The Morgan fingerprint density at radius 2 is 1.40 bits per heavy atom. The van der Waals surface area contributed by atoms with Crippen molar-refractivity contribution in [1.29, 1.82) is 0 Å². The molecule has 3 atom stereocenters. The topological polar surface area (TPSA) is 111 Å². The molecule has 0 unspecified atom stereocenters. The molecule has 0 spiro atoms. The van der Waals surface area contributed by atoms with E-state index in [1.54, 1.807) is 12.2 Å². The zero-order valence-corrected chi connectivity index (χ0v) is 24.6. The highest BCUT2D eigenvalue weighted by Crippen LogP contribution is 2.16. The van der Waals surface area contributed by atoms with Crippen LogP contribution in [0.15, 0.2) is 86.0 Å². The molecular weight excluding hydrogens is 532 g/mol. The summed E-state index contributed by atoms with van der Waals surface area (Å²) in [7, 11) is 0. The average Bonchev–Trinajstić information content (AvgIpc) is 2.98. The van der Waals surface area contributed by atoms with E-state index in [2.05, 4.69) is 23.8 Å². The summed E-state index contributed by atoms with van der Waals surface area (Å²) >= 11 is 0. The van der Waals surface area contributed by atoms with Gasteiger partial charge in [0.2, 0.25) is 11.8 Å². The van der Waals surface area contributed by atoms with Crippen molar-refractivity contribution in [1.82, 2.24) is 10.6 Å². The van der Waals surface area contributed by atoms with E-state index < -0.39 is 12.1 Å². The van der Waals surface area contributed by atoms with Gasteiger partial charge in [-0.1, -0.05) is 72.8 Å². The normalized spacial score (nSPS) is 12.9. The molecule has 0 fully saturated rings. The third-order valence-electron chi connectivity index (χ3n) is 6.63. The molecule has 0 aliphatic heterocycles. The lowest BCUT2D eigenvalue weighted by Crippen LogP contribution is -2.44. The van der Waals surface area contributed by atoms with Gasteiger partial charge in [0.05, 0.1) is 25.3 Å². The fraction of sp³-hybridized carbons (Fsp3) is 0.412. The molecule has 0 heterocycles. The minimum Gasteiger partial charge on any atom is -0.379 e. The maximum Gasteiger partial charge on any atom is 0.246 e. The number of ether oxygens (including phenoxy) is 2. The van der Waals surface area contributed by atoms with Crippen LogP contribution in [0.1, 0.15) is 43.7 Å². The molecule has 226 valence electrons. The first-order valence-electron chi connectivity index (χ1n) is 14.4. The predicted molar refractivity (Wildman–Crippen MR) is 164 cm³/mol. The molecule has 2 aromatic carbocycles. The quantitative estimate of drug-likeness (QED) is 0.161. The van der Waals surface area contributed by atoms with E-state index in [1.807, 2.05) is 60.7 Å². The van der Waals surface area contributed by atoms with Gasteiger partial charge in [0.15, 0.2) is 11.6 Å². The van der Waals surface area contributed by atoms with Crippen molar-refractivity contribution < 1.29 is 28.7 Å². The van der Waals surface area contributed by atoms with Gasteiger partial charge in [0, 0.05) is 26.4 Å². The van der Waals surface area contributed by atoms with Crippen LogP contribution in [0.5, 0.6) is 0 Å². The molecule has 0 aromatic heterocycles. The number of amides is 2. The molecule has 0 saturated heterocycles. The van der Waals surface area contributed by atoms with Gasteiger partial charge in [0.25, 0.3) is 0 Å². The van der Waals surface area contributed by atoms with E-state index in [9.17, 15) is 19.2 Å². The van der Waals surface area contributed by atoms with E-state index in [0.29, 0.717) is 32.3 Å². The summed E-state index contributed by atoms with van der Waals surface area (Å²) in [5, 5.41) is 5.49. The summed E-state index contributed by atoms with van der Waals surface area (Å²) in [6.45, 7) is 9.52. The zero-order valence-electron chi connectivity index (χ0n) is 24.6. The Kier molecular flexibility index (Phi) is 16.4. The summed E-state index contributed by atoms with van der Waals surface area (Å²) in [6, 6.07) is 18.3. The van der Waals surface area contributed by atoms with Crippen molar-refractivity contribution in [2.75, 3.05) is 26.4 Å². The van der Waals surface area contributed by atoms with Gasteiger partial charge in [-0.25, -0.2) is 0 Å². The van der Waals surface area contributed by atoms with Crippen molar-refractivity contribution in [2.24, 2.45) is 5.92 Å². The van der Waals surface area contributed by atoms with Crippen LogP contribution in [0.4, 0.5) is 0 Å². The van der Waals surface area contributed by atoms with Crippen LogP contribution in [-0.4, -0.2) is 61.9 Å². The lowest BCUT2D eigenvalue weighted by molar-refractivity contribution is -0.131. The molecular formula is C34H44N2O6. The van der Waals surface area contributed by atoms with Crippen LogP contribution >= 0.6 is 0 Å². The van der Waals surface area contributed by atoms with Crippen molar-refractivity contribution in [3.63, 3.8) is 0 Å². The van der Waals surface area contributed by atoms with Crippen molar-refractivity contribution in [3.8, 4) is 0 Å². The molecule has 0 saturated carbocycles. The van der Waals surface area contributed by atoms with Crippen molar-refractivity contribution in [2.45, 2.75) is 57.5 Å². The first-order chi connectivity index (χ1) is 20.3. The fourth-order valence-electron chi connectivity index (χ4n) is 4.48. The highest BCUT2D eigenvalue weighted by Gasteiger charge is 2.24. The molecule has 8 nitrogen and oxygen atoms in total. The second-order valence-electron chi connectivity index (χ2n) is 10.2. The molecule has 2 rings (SSSR count). The van der Waals surface area contributed by atoms with Crippen molar-refractivity contribution in [3.05, 3.63) is 97.1 Å². The number of ketones is 2. The number of allylic oxidation sites excluding steroid dienone is 1. The second-order valence-corrected chi connectivity index (χ2v) is 10.2. The first kappa shape index (κ1) is 34.3. The van der Waals surface area contributed by atoms with Gasteiger partial charge >= 0.3 is 0 Å². The van der Waals surface area contributed by atoms with Gasteiger partial charge < -0.3 is 20.1 Å². The molecule has 0 aliphatic rings. The largest absolute Gasteiger partial charge is 0.379 e. The Bertz CT molecular complexity index is 1140. The van der Waals surface area contributed by atoms with Gasteiger partial charge in [-0.15, -0.1) is 13.2 Å². The summed E-state index contributed by atoms with van der Waals surface area (Å²) in [5.74, 6) is -0.802. The van der Waals surface area contributed by atoms with Crippen LogP contribution in [0.3, 0.4) is 0 Å². The predicted octanol–water partition coefficient (Wildman–Crippen LogP) is 4.18. The number of carbonyl (C=O) groups is 4. The van der Waals surface area contributed by atoms with Gasteiger partial charge in [0.1, 0.15) is 6.61 Å². The maximum absolute atomic E-state index is 13.3.